The Bertz CT molecular complexity index is 727. The topological polar surface area (TPSA) is 45.7 Å². The summed E-state index contributed by atoms with van der Waals surface area (Å²) in [5, 5.41) is 0. The molecule has 2 aromatic rings. The van der Waals surface area contributed by atoms with Crippen molar-refractivity contribution in [2.45, 2.75) is 39.0 Å². The molecule has 3 heterocycles. The van der Waals surface area contributed by atoms with Crippen LogP contribution in [-0.4, -0.2) is 35.0 Å². The molecule has 0 N–H and O–H groups in total. The molecule has 0 atom stereocenters. The maximum Gasteiger partial charge on any atom is 0.219 e. The minimum Gasteiger partial charge on any atom is -0.474 e. The van der Waals surface area contributed by atoms with Gasteiger partial charge in [-0.2, -0.15) is 0 Å². The first-order valence-corrected chi connectivity index (χ1v) is 8.89. The maximum absolute atomic E-state index is 11.4. The number of fused-ring (bicyclic) bond motifs is 1. The molecule has 1 fully saturated rings. The van der Waals surface area contributed by atoms with Gasteiger partial charge in [0.2, 0.25) is 11.8 Å². The summed E-state index contributed by atoms with van der Waals surface area (Å²) in [7, 11) is 0. The summed E-state index contributed by atoms with van der Waals surface area (Å²) in [6.07, 6.45) is 3.77. The molecule has 0 unspecified atom stereocenters. The lowest BCUT2D eigenvalue weighted by molar-refractivity contribution is -0.130. The number of aromatic nitrogens is 1. The van der Waals surface area contributed by atoms with E-state index in [-0.39, 0.29) is 12.0 Å². The fraction of sp³-hybridized carbons (Fsp3) is 0.400. The molecule has 0 saturated carbocycles. The summed E-state index contributed by atoms with van der Waals surface area (Å²) in [6.45, 7) is 5.02. The van der Waals surface area contributed by atoms with Gasteiger partial charge in [0, 0.05) is 52.0 Å². The molecule has 0 aliphatic carbocycles. The molecule has 2 aliphatic rings. The highest BCUT2D eigenvalue weighted by molar-refractivity contribution is 5.73. The second-order valence-electron chi connectivity index (χ2n) is 6.80. The number of hydrogen-bond acceptors (Lipinski definition) is 4. The quantitative estimate of drug-likeness (QED) is 0.864. The van der Waals surface area contributed by atoms with Crippen LogP contribution in [0.3, 0.4) is 0 Å². The van der Waals surface area contributed by atoms with E-state index in [4.69, 9.17) is 4.74 Å². The van der Waals surface area contributed by atoms with Gasteiger partial charge >= 0.3 is 0 Å². The van der Waals surface area contributed by atoms with Crippen LogP contribution in [-0.2, 0) is 17.9 Å². The Morgan fingerprint density at radius 2 is 1.76 bits per heavy atom. The van der Waals surface area contributed by atoms with Gasteiger partial charge in [-0.25, -0.2) is 4.98 Å². The maximum atomic E-state index is 11.4. The molecule has 130 valence electrons. The van der Waals surface area contributed by atoms with E-state index in [0.29, 0.717) is 5.88 Å². The second-order valence-corrected chi connectivity index (χ2v) is 6.80. The molecule has 1 saturated heterocycles. The molecule has 0 bridgehead atoms. The third-order valence-electron chi connectivity index (χ3n) is 5.10. The normalized spacial score (nSPS) is 17.5. The standard InChI is InChI=1S/C20H23N3O2/c1-15(24)22-10-8-19(9-11-22)25-20-7-6-18(12-21-20)23-13-16-4-2-3-5-17(16)14-23/h2-7,12,19H,8-11,13-14H2,1H3. The summed E-state index contributed by atoms with van der Waals surface area (Å²) in [5.74, 6) is 0.814. The zero-order valence-corrected chi connectivity index (χ0v) is 14.5. The molecule has 25 heavy (non-hydrogen) atoms. The van der Waals surface area contributed by atoms with Crippen molar-refractivity contribution in [1.29, 1.82) is 0 Å². The number of carbonyl (C=O) groups excluding carboxylic acids is 1. The van der Waals surface area contributed by atoms with Gasteiger partial charge in [0.25, 0.3) is 0 Å². The SMILES string of the molecule is CC(=O)N1CCC(Oc2ccc(N3Cc4ccccc4C3)cn2)CC1. The van der Waals surface area contributed by atoms with Crippen LogP contribution in [0.25, 0.3) is 0 Å². The summed E-state index contributed by atoms with van der Waals surface area (Å²) in [4.78, 5) is 20.1. The molecule has 0 spiro atoms. The molecule has 4 rings (SSSR count). The third kappa shape index (κ3) is 3.45. The van der Waals surface area contributed by atoms with Crippen LogP contribution in [0, 0.1) is 0 Å². The van der Waals surface area contributed by atoms with E-state index in [0.717, 1.165) is 44.7 Å². The van der Waals surface area contributed by atoms with E-state index in [1.165, 1.54) is 11.1 Å². The van der Waals surface area contributed by atoms with E-state index in [1.54, 1.807) is 6.92 Å². The van der Waals surface area contributed by atoms with Crippen LogP contribution >= 0.6 is 0 Å². The van der Waals surface area contributed by atoms with E-state index in [9.17, 15) is 4.79 Å². The van der Waals surface area contributed by atoms with Gasteiger partial charge in [-0.05, 0) is 17.2 Å². The molecule has 1 aromatic carbocycles. The number of anilines is 1. The van der Waals surface area contributed by atoms with Gasteiger partial charge in [-0.3, -0.25) is 4.79 Å². The predicted molar refractivity (Wildman–Crippen MR) is 96.5 cm³/mol. The second kappa shape index (κ2) is 6.75. The van der Waals surface area contributed by atoms with Gasteiger partial charge < -0.3 is 14.5 Å². The minimum atomic E-state index is 0.144. The lowest BCUT2D eigenvalue weighted by Gasteiger charge is -2.31. The highest BCUT2D eigenvalue weighted by Crippen LogP contribution is 2.28. The Hall–Kier alpha value is -2.56. The van der Waals surface area contributed by atoms with Crippen LogP contribution < -0.4 is 9.64 Å². The lowest BCUT2D eigenvalue weighted by atomic mass is 10.1. The van der Waals surface area contributed by atoms with Crippen LogP contribution in [0.15, 0.2) is 42.6 Å². The van der Waals surface area contributed by atoms with E-state index < -0.39 is 0 Å². The monoisotopic (exact) mass is 337 g/mol. The fourth-order valence-corrected chi connectivity index (χ4v) is 3.60. The fourth-order valence-electron chi connectivity index (χ4n) is 3.60. The first-order valence-electron chi connectivity index (χ1n) is 8.89. The number of hydrogen-bond donors (Lipinski definition) is 0. The Labute approximate surface area is 148 Å². The number of carbonyl (C=O) groups is 1. The van der Waals surface area contributed by atoms with E-state index in [1.807, 2.05) is 17.2 Å². The zero-order chi connectivity index (χ0) is 17.2. The predicted octanol–water partition coefficient (Wildman–Crippen LogP) is 2.99. The van der Waals surface area contributed by atoms with Crippen LogP contribution in [0.1, 0.15) is 30.9 Å². The van der Waals surface area contributed by atoms with Crippen LogP contribution in [0.4, 0.5) is 5.69 Å². The highest BCUT2D eigenvalue weighted by atomic mass is 16.5. The van der Waals surface area contributed by atoms with E-state index in [2.05, 4.69) is 40.2 Å². The van der Waals surface area contributed by atoms with Crippen LogP contribution in [0.2, 0.25) is 0 Å². The first kappa shape index (κ1) is 15.9. The van der Waals surface area contributed by atoms with Crippen molar-refractivity contribution in [3.8, 4) is 5.88 Å². The van der Waals surface area contributed by atoms with Crippen molar-refractivity contribution in [3.63, 3.8) is 0 Å². The Kier molecular flexibility index (Phi) is 4.30. The molecule has 0 radical (unpaired) electrons. The largest absolute Gasteiger partial charge is 0.474 e. The number of piperidine rings is 1. The third-order valence-corrected chi connectivity index (χ3v) is 5.10. The van der Waals surface area contributed by atoms with Crippen LogP contribution in [0.5, 0.6) is 5.88 Å². The minimum absolute atomic E-state index is 0.144. The van der Waals surface area contributed by atoms with Crippen molar-refractivity contribution in [3.05, 3.63) is 53.7 Å². The van der Waals surface area contributed by atoms with Gasteiger partial charge in [-0.15, -0.1) is 0 Å². The highest BCUT2D eigenvalue weighted by Gasteiger charge is 2.23. The summed E-state index contributed by atoms with van der Waals surface area (Å²) >= 11 is 0. The number of ether oxygens (including phenoxy) is 1. The summed E-state index contributed by atoms with van der Waals surface area (Å²) in [5.41, 5.74) is 3.90. The molecule has 1 aromatic heterocycles. The van der Waals surface area contributed by atoms with Gasteiger partial charge in [0.15, 0.2) is 0 Å². The molecule has 2 aliphatic heterocycles. The molecular formula is C20H23N3O2. The Balaban J connectivity index is 1.35. The number of benzene rings is 1. The van der Waals surface area contributed by atoms with Crippen molar-refractivity contribution in [2.75, 3.05) is 18.0 Å². The number of amides is 1. The number of nitrogens with zero attached hydrogens (tertiary/aromatic N) is 3. The molecule has 1 amide bonds. The van der Waals surface area contributed by atoms with Crippen molar-refractivity contribution in [2.24, 2.45) is 0 Å². The molecule has 5 heteroatoms. The number of likely N-dealkylation sites (tertiary alicyclic amines) is 1. The van der Waals surface area contributed by atoms with Gasteiger partial charge in [-0.1, -0.05) is 24.3 Å². The number of pyridine rings is 1. The first-order chi connectivity index (χ1) is 12.2. The average Bonchev–Trinajstić information content (AvgIpc) is 3.07. The molecule has 5 nitrogen and oxygen atoms in total. The smallest absolute Gasteiger partial charge is 0.219 e. The summed E-state index contributed by atoms with van der Waals surface area (Å²) in [6, 6.07) is 12.6. The van der Waals surface area contributed by atoms with Gasteiger partial charge in [0.1, 0.15) is 6.10 Å². The van der Waals surface area contributed by atoms with E-state index >= 15 is 0 Å². The van der Waals surface area contributed by atoms with Gasteiger partial charge in [0.05, 0.1) is 11.9 Å². The molecular weight excluding hydrogens is 314 g/mol. The van der Waals surface area contributed by atoms with Crippen molar-refractivity contribution in [1.82, 2.24) is 9.88 Å². The number of rotatable bonds is 3. The Morgan fingerprint density at radius 3 is 2.32 bits per heavy atom. The Morgan fingerprint density at radius 1 is 1.08 bits per heavy atom. The van der Waals surface area contributed by atoms with Crippen molar-refractivity contribution >= 4 is 11.6 Å². The zero-order valence-electron chi connectivity index (χ0n) is 14.5. The average molecular weight is 337 g/mol. The summed E-state index contributed by atoms with van der Waals surface area (Å²) < 4.78 is 6.00. The lowest BCUT2D eigenvalue weighted by Crippen LogP contribution is -2.40. The van der Waals surface area contributed by atoms with Crippen molar-refractivity contribution < 1.29 is 9.53 Å².